The summed E-state index contributed by atoms with van der Waals surface area (Å²) in [5.74, 6) is -0.0805. The molecule has 21 heavy (non-hydrogen) atoms. The third-order valence-corrected chi connectivity index (χ3v) is 3.78. The molecule has 2 aromatic heterocycles. The van der Waals surface area contributed by atoms with Crippen LogP contribution < -0.4 is 0 Å². The fraction of sp³-hybridized carbons (Fsp3) is 0.267. The Labute approximate surface area is 129 Å². The number of amides is 1. The Kier molecular flexibility index (Phi) is 5.30. The molecule has 0 atom stereocenters. The first-order valence-electron chi connectivity index (χ1n) is 6.50. The van der Waals surface area contributed by atoms with Crippen LogP contribution in [-0.4, -0.2) is 46.2 Å². The van der Waals surface area contributed by atoms with Gasteiger partial charge < -0.3 is 0 Å². The van der Waals surface area contributed by atoms with E-state index in [1.54, 1.807) is 28.6 Å². The van der Waals surface area contributed by atoms with E-state index in [9.17, 15) is 4.79 Å². The van der Waals surface area contributed by atoms with Gasteiger partial charge in [-0.15, -0.1) is 11.8 Å². The summed E-state index contributed by atoms with van der Waals surface area (Å²) in [7, 11) is 3.69. The average Bonchev–Trinajstić information content (AvgIpc) is 2.52. The van der Waals surface area contributed by atoms with Crippen LogP contribution in [0.25, 0.3) is 0 Å². The summed E-state index contributed by atoms with van der Waals surface area (Å²) in [6.07, 6.45) is 6.99. The highest BCUT2D eigenvalue weighted by Gasteiger charge is 2.21. The molecule has 0 N–H and O–H groups in total. The second-order valence-electron chi connectivity index (χ2n) is 4.61. The summed E-state index contributed by atoms with van der Waals surface area (Å²) < 4.78 is 0. The Balaban J connectivity index is 2.28. The first-order valence-corrected chi connectivity index (χ1v) is 7.73. The van der Waals surface area contributed by atoms with E-state index in [-0.39, 0.29) is 5.91 Å². The van der Waals surface area contributed by atoms with Crippen LogP contribution in [0.15, 0.2) is 47.8 Å². The van der Waals surface area contributed by atoms with Gasteiger partial charge in [-0.3, -0.25) is 19.8 Å². The fourth-order valence-corrected chi connectivity index (χ4v) is 2.46. The molecule has 0 saturated heterocycles. The summed E-state index contributed by atoms with van der Waals surface area (Å²) in [6, 6.07) is 7.53. The third-order valence-electron chi connectivity index (χ3n) is 2.99. The zero-order valence-electron chi connectivity index (χ0n) is 12.4. The van der Waals surface area contributed by atoms with Gasteiger partial charge >= 0.3 is 0 Å². The molecule has 0 aliphatic rings. The molecule has 0 aromatic carbocycles. The van der Waals surface area contributed by atoms with Gasteiger partial charge in [0, 0.05) is 37.6 Å². The van der Waals surface area contributed by atoms with Gasteiger partial charge in [0.2, 0.25) is 0 Å². The number of pyridine rings is 2. The van der Waals surface area contributed by atoms with E-state index in [1.165, 1.54) is 11.8 Å². The summed E-state index contributed by atoms with van der Waals surface area (Å²) >= 11 is 1.54. The van der Waals surface area contributed by atoms with Crippen molar-refractivity contribution in [1.29, 1.82) is 0 Å². The topological polar surface area (TPSA) is 49.3 Å². The number of nitrogens with zero attached hydrogens (tertiary/aromatic N) is 4. The molecule has 110 valence electrons. The molecule has 0 unspecified atom stereocenters. The number of hydrogen-bond acceptors (Lipinski definition) is 5. The second kappa shape index (κ2) is 7.19. The number of carbonyl (C=O) groups excluding carboxylic acids is 1. The molecular formula is C15H18N4OS. The highest BCUT2D eigenvalue weighted by Crippen LogP contribution is 2.21. The van der Waals surface area contributed by atoms with Crippen molar-refractivity contribution in [2.45, 2.75) is 11.4 Å². The van der Waals surface area contributed by atoms with Gasteiger partial charge in [-0.2, -0.15) is 0 Å². The maximum Gasteiger partial charge on any atom is 0.271 e. The molecule has 5 nitrogen and oxygen atoms in total. The van der Waals surface area contributed by atoms with Gasteiger partial charge in [-0.1, -0.05) is 6.07 Å². The van der Waals surface area contributed by atoms with E-state index < -0.39 is 0 Å². The lowest BCUT2D eigenvalue weighted by molar-refractivity contribution is 0.0144. The van der Waals surface area contributed by atoms with Gasteiger partial charge in [0.1, 0.15) is 0 Å². The SMILES string of the molecule is CSc1ccncc1C(=O)N(Cc1ccccn1)N(C)C. The smallest absolute Gasteiger partial charge is 0.267 e. The number of aromatic nitrogens is 2. The molecule has 2 rings (SSSR count). The van der Waals surface area contributed by atoms with Crippen LogP contribution in [-0.2, 0) is 6.54 Å². The average molecular weight is 302 g/mol. The normalized spacial score (nSPS) is 10.7. The van der Waals surface area contributed by atoms with Gasteiger partial charge in [-0.25, -0.2) is 5.01 Å². The molecule has 0 bridgehead atoms. The van der Waals surface area contributed by atoms with Crippen molar-refractivity contribution < 1.29 is 4.79 Å². The zero-order valence-corrected chi connectivity index (χ0v) is 13.2. The quantitative estimate of drug-likeness (QED) is 0.626. The third kappa shape index (κ3) is 3.80. The Bertz CT molecular complexity index is 604. The van der Waals surface area contributed by atoms with Crippen LogP contribution in [0, 0.1) is 0 Å². The molecule has 0 aliphatic heterocycles. The Morgan fingerprint density at radius 3 is 2.67 bits per heavy atom. The largest absolute Gasteiger partial charge is 0.271 e. The molecule has 1 amide bonds. The van der Waals surface area contributed by atoms with Crippen molar-refractivity contribution in [2.24, 2.45) is 0 Å². The molecule has 6 heteroatoms. The van der Waals surface area contributed by atoms with Gasteiger partial charge in [0.25, 0.3) is 5.91 Å². The number of thioether (sulfide) groups is 1. The standard InChI is InChI=1S/C15H18N4OS/c1-18(2)19(11-12-6-4-5-8-17-12)15(20)13-10-16-9-7-14(13)21-3/h4-10H,11H2,1-3H3. The van der Waals surface area contributed by atoms with E-state index in [2.05, 4.69) is 9.97 Å². The van der Waals surface area contributed by atoms with Crippen LogP contribution in [0.3, 0.4) is 0 Å². The summed E-state index contributed by atoms with van der Waals surface area (Å²) in [5.41, 5.74) is 1.45. The minimum Gasteiger partial charge on any atom is -0.267 e. The van der Waals surface area contributed by atoms with E-state index in [4.69, 9.17) is 0 Å². The molecule has 0 aliphatic carbocycles. The number of carbonyl (C=O) groups is 1. The van der Waals surface area contributed by atoms with Gasteiger partial charge in [0.15, 0.2) is 0 Å². The molecule has 2 heterocycles. The predicted octanol–water partition coefficient (Wildman–Crippen LogP) is 2.32. The van der Waals surface area contributed by atoms with Crippen molar-refractivity contribution in [3.8, 4) is 0 Å². The molecular weight excluding hydrogens is 284 g/mol. The highest BCUT2D eigenvalue weighted by atomic mass is 32.2. The molecule has 2 aromatic rings. The van der Waals surface area contributed by atoms with E-state index in [0.29, 0.717) is 12.1 Å². The highest BCUT2D eigenvalue weighted by molar-refractivity contribution is 7.98. The second-order valence-corrected chi connectivity index (χ2v) is 5.46. The van der Waals surface area contributed by atoms with Crippen LogP contribution in [0.2, 0.25) is 0 Å². The first-order chi connectivity index (χ1) is 10.1. The predicted molar refractivity (Wildman–Crippen MR) is 83.8 cm³/mol. The van der Waals surface area contributed by atoms with E-state index >= 15 is 0 Å². The summed E-state index contributed by atoms with van der Waals surface area (Å²) in [6.45, 7) is 0.426. The van der Waals surface area contributed by atoms with Crippen molar-refractivity contribution in [3.63, 3.8) is 0 Å². The van der Waals surface area contributed by atoms with Crippen molar-refractivity contribution in [2.75, 3.05) is 20.4 Å². The van der Waals surface area contributed by atoms with Crippen LogP contribution in [0.4, 0.5) is 0 Å². The first kappa shape index (κ1) is 15.5. The van der Waals surface area contributed by atoms with Gasteiger partial charge in [0.05, 0.1) is 17.8 Å². The van der Waals surface area contributed by atoms with E-state index in [1.807, 2.05) is 44.6 Å². The maximum absolute atomic E-state index is 12.8. The maximum atomic E-state index is 12.8. The number of rotatable bonds is 5. The van der Waals surface area contributed by atoms with Crippen LogP contribution in [0.5, 0.6) is 0 Å². The van der Waals surface area contributed by atoms with Gasteiger partial charge in [-0.05, 0) is 24.5 Å². The minimum atomic E-state index is -0.0805. The summed E-state index contributed by atoms with van der Waals surface area (Å²) in [4.78, 5) is 22.0. The van der Waals surface area contributed by atoms with Crippen molar-refractivity contribution in [1.82, 2.24) is 20.0 Å². The fourth-order valence-electron chi connectivity index (χ4n) is 1.90. The lowest BCUT2D eigenvalue weighted by Gasteiger charge is -2.29. The zero-order chi connectivity index (χ0) is 15.2. The van der Waals surface area contributed by atoms with Crippen molar-refractivity contribution in [3.05, 3.63) is 54.1 Å². The number of hydrazine groups is 1. The Morgan fingerprint density at radius 1 is 1.24 bits per heavy atom. The molecule has 0 spiro atoms. The van der Waals surface area contributed by atoms with Crippen LogP contribution in [0.1, 0.15) is 16.1 Å². The Hall–Kier alpha value is -1.92. The minimum absolute atomic E-state index is 0.0805. The molecule has 0 radical (unpaired) electrons. The van der Waals surface area contributed by atoms with Crippen molar-refractivity contribution >= 4 is 17.7 Å². The van der Waals surface area contributed by atoms with E-state index in [0.717, 1.165) is 10.6 Å². The molecule has 0 saturated carbocycles. The monoisotopic (exact) mass is 302 g/mol. The lowest BCUT2D eigenvalue weighted by Crippen LogP contribution is -2.41. The Morgan fingerprint density at radius 2 is 2.05 bits per heavy atom. The number of hydrogen-bond donors (Lipinski definition) is 0. The van der Waals surface area contributed by atoms with Crippen LogP contribution >= 0.6 is 11.8 Å². The molecule has 0 fully saturated rings. The lowest BCUT2D eigenvalue weighted by atomic mass is 10.2. The summed E-state index contributed by atoms with van der Waals surface area (Å²) in [5, 5.41) is 3.42.